The lowest BCUT2D eigenvalue weighted by atomic mass is 9.94. The molecular formula is C16H23N3O2. The standard InChI is InChI=1S/C16H23N3O2/c1-11-7-8-13(17-10-11)18-14(20)12-6-5-9-19(12)15(21)16(2,3)4/h7-8,10,12H,5-6,9H2,1-4H3,(H,17,18,20). The fourth-order valence-electron chi connectivity index (χ4n) is 2.46. The van der Waals surface area contributed by atoms with E-state index >= 15 is 0 Å². The maximum atomic E-state index is 12.4. The molecule has 1 unspecified atom stereocenters. The Hall–Kier alpha value is -1.91. The van der Waals surface area contributed by atoms with Crippen LogP contribution in [-0.2, 0) is 9.59 Å². The Kier molecular flexibility index (Phi) is 4.30. The van der Waals surface area contributed by atoms with E-state index in [9.17, 15) is 9.59 Å². The first kappa shape index (κ1) is 15.5. The molecule has 5 nitrogen and oxygen atoms in total. The molecule has 0 radical (unpaired) electrons. The van der Waals surface area contributed by atoms with Crippen LogP contribution >= 0.6 is 0 Å². The summed E-state index contributed by atoms with van der Waals surface area (Å²) < 4.78 is 0. The first-order valence-electron chi connectivity index (χ1n) is 7.33. The highest BCUT2D eigenvalue weighted by Crippen LogP contribution is 2.26. The number of hydrogen-bond acceptors (Lipinski definition) is 3. The summed E-state index contributed by atoms with van der Waals surface area (Å²) in [6.45, 7) is 8.23. The van der Waals surface area contributed by atoms with Crippen LogP contribution in [0.2, 0.25) is 0 Å². The second kappa shape index (κ2) is 5.84. The summed E-state index contributed by atoms with van der Waals surface area (Å²) in [6, 6.07) is 3.29. The zero-order valence-electron chi connectivity index (χ0n) is 13.1. The van der Waals surface area contributed by atoms with E-state index in [1.807, 2.05) is 33.8 Å². The quantitative estimate of drug-likeness (QED) is 0.909. The molecule has 1 aliphatic rings. The van der Waals surface area contributed by atoms with E-state index in [1.54, 1.807) is 17.2 Å². The monoisotopic (exact) mass is 289 g/mol. The molecule has 1 N–H and O–H groups in total. The maximum Gasteiger partial charge on any atom is 0.248 e. The minimum atomic E-state index is -0.467. The molecule has 1 atom stereocenters. The fraction of sp³-hybridized carbons (Fsp3) is 0.562. The van der Waals surface area contributed by atoms with Gasteiger partial charge in [0.1, 0.15) is 11.9 Å². The second-order valence-electron chi connectivity index (χ2n) is 6.62. The van der Waals surface area contributed by atoms with Crippen LogP contribution < -0.4 is 5.32 Å². The Morgan fingerprint density at radius 2 is 2.05 bits per heavy atom. The van der Waals surface area contributed by atoms with Crippen molar-refractivity contribution in [3.63, 3.8) is 0 Å². The van der Waals surface area contributed by atoms with Gasteiger partial charge in [-0.25, -0.2) is 4.98 Å². The summed E-state index contributed by atoms with van der Waals surface area (Å²) in [6.07, 6.45) is 3.28. The van der Waals surface area contributed by atoms with Crippen molar-refractivity contribution in [1.29, 1.82) is 0 Å². The number of nitrogens with zero attached hydrogens (tertiary/aromatic N) is 2. The molecule has 0 spiro atoms. The van der Waals surface area contributed by atoms with E-state index < -0.39 is 5.41 Å². The number of hydrogen-bond donors (Lipinski definition) is 1. The molecule has 1 saturated heterocycles. The second-order valence-corrected chi connectivity index (χ2v) is 6.62. The number of carbonyl (C=O) groups excluding carboxylic acids is 2. The van der Waals surface area contributed by atoms with E-state index in [4.69, 9.17) is 0 Å². The summed E-state index contributed by atoms with van der Waals surface area (Å²) in [5.41, 5.74) is 0.573. The van der Waals surface area contributed by atoms with Crippen molar-refractivity contribution < 1.29 is 9.59 Å². The molecule has 1 fully saturated rings. The summed E-state index contributed by atoms with van der Waals surface area (Å²) in [5.74, 6) is 0.402. The molecule has 114 valence electrons. The third-order valence-electron chi connectivity index (χ3n) is 3.62. The predicted octanol–water partition coefficient (Wildman–Crippen LogP) is 2.37. The van der Waals surface area contributed by atoms with Crippen molar-refractivity contribution >= 4 is 17.6 Å². The normalized spacial score (nSPS) is 18.7. The van der Waals surface area contributed by atoms with Crippen LogP contribution in [0.4, 0.5) is 5.82 Å². The number of amides is 2. The molecule has 1 aromatic rings. The van der Waals surface area contributed by atoms with Gasteiger partial charge in [0, 0.05) is 18.2 Å². The maximum absolute atomic E-state index is 12.4. The van der Waals surface area contributed by atoms with Gasteiger partial charge in [-0.15, -0.1) is 0 Å². The van der Waals surface area contributed by atoms with Crippen LogP contribution in [0, 0.1) is 12.3 Å². The van der Waals surface area contributed by atoms with Gasteiger partial charge in [-0.2, -0.15) is 0 Å². The van der Waals surface area contributed by atoms with E-state index in [0.717, 1.165) is 12.0 Å². The number of rotatable bonds is 2. The average molecular weight is 289 g/mol. The van der Waals surface area contributed by atoms with Crippen molar-refractivity contribution in [2.45, 2.75) is 46.6 Å². The van der Waals surface area contributed by atoms with E-state index in [-0.39, 0.29) is 17.9 Å². The lowest BCUT2D eigenvalue weighted by Gasteiger charge is -2.30. The summed E-state index contributed by atoms with van der Waals surface area (Å²) >= 11 is 0. The van der Waals surface area contributed by atoms with E-state index in [1.165, 1.54) is 0 Å². The van der Waals surface area contributed by atoms with Crippen molar-refractivity contribution in [1.82, 2.24) is 9.88 Å². The van der Waals surface area contributed by atoms with Crippen LogP contribution in [0.5, 0.6) is 0 Å². The molecular weight excluding hydrogens is 266 g/mol. The molecule has 1 aromatic heterocycles. The van der Waals surface area contributed by atoms with Gasteiger partial charge in [-0.1, -0.05) is 26.8 Å². The molecule has 0 aromatic carbocycles. The van der Waals surface area contributed by atoms with Gasteiger partial charge in [0.15, 0.2) is 0 Å². The predicted molar refractivity (Wildman–Crippen MR) is 81.8 cm³/mol. The first-order valence-corrected chi connectivity index (χ1v) is 7.33. The number of aryl methyl sites for hydroxylation is 1. The fourth-order valence-corrected chi connectivity index (χ4v) is 2.46. The van der Waals surface area contributed by atoms with Gasteiger partial charge in [-0.3, -0.25) is 9.59 Å². The zero-order valence-corrected chi connectivity index (χ0v) is 13.1. The first-order chi connectivity index (χ1) is 9.79. The number of anilines is 1. The van der Waals surface area contributed by atoms with Crippen LogP contribution in [-0.4, -0.2) is 34.3 Å². The average Bonchev–Trinajstić information content (AvgIpc) is 2.88. The molecule has 1 aliphatic heterocycles. The van der Waals surface area contributed by atoms with Crippen molar-refractivity contribution in [3.05, 3.63) is 23.9 Å². The van der Waals surface area contributed by atoms with Gasteiger partial charge in [0.05, 0.1) is 0 Å². The Morgan fingerprint density at radius 3 is 2.62 bits per heavy atom. The molecule has 0 saturated carbocycles. The largest absolute Gasteiger partial charge is 0.330 e. The Bertz CT molecular complexity index is 531. The Labute approximate surface area is 125 Å². The topological polar surface area (TPSA) is 62.3 Å². The highest BCUT2D eigenvalue weighted by molar-refractivity contribution is 5.97. The summed E-state index contributed by atoms with van der Waals surface area (Å²) in [5, 5.41) is 2.80. The van der Waals surface area contributed by atoms with Crippen molar-refractivity contribution in [2.75, 3.05) is 11.9 Å². The molecule has 2 heterocycles. The molecule has 0 aliphatic carbocycles. The molecule has 2 amide bonds. The van der Waals surface area contributed by atoms with Gasteiger partial charge >= 0.3 is 0 Å². The number of carbonyl (C=O) groups is 2. The summed E-state index contributed by atoms with van der Waals surface area (Å²) in [7, 11) is 0. The highest BCUT2D eigenvalue weighted by Gasteiger charge is 2.38. The molecule has 5 heteroatoms. The Balaban J connectivity index is 2.07. The number of nitrogens with one attached hydrogen (secondary N) is 1. The minimum Gasteiger partial charge on any atom is -0.330 e. The SMILES string of the molecule is Cc1ccc(NC(=O)C2CCCN2C(=O)C(C)(C)C)nc1. The zero-order chi connectivity index (χ0) is 15.6. The molecule has 0 bridgehead atoms. The van der Waals surface area contributed by atoms with Gasteiger partial charge in [0.2, 0.25) is 11.8 Å². The summed E-state index contributed by atoms with van der Waals surface area (Å²) in [4.78, 5) is 30.7. The van der Waals surface area contributed by atoms with Crippen LogP contribution in [0.1, 0.15) is 39.2 Å². The van der Waals surface area contributed by atoms with Crippen LogP contribution in [0.15, 0.2) is 18.3 Å². The lowest BCUT2D eigenvalue weighted by Crippen LogP contribution is -2.47. The smallest absolute Gasteiger partial charge is 0.248 e. The van der Waals surface area contributed by atoms with Crippen LogP contribution in [0.3, 0.4) is 0 Å². The number of likely N-dealkylation sites (tertiary alicyclic amines) is 1. The van der Waals surface area contributed by atoms with E-state index in [2.05, 4.69) is 10.3 Å². The third kappa shape index (κ3) is 3.60. The Morgan fingerprint density at radius 1 is 1.33 bits per heavy atom. The lowest BCUT2D eigenvalue weighted by molar-refractivity contribution is -0.143. The van der Waals surface area contributed by atoms with Gasteiger partial charge in [0.25, 0.3) is 0 Å². The van der Waals surface area contributed by atoms with Crippen molar-refractivity contribution in [3.8, 4) is 0 Å². The van der Waals surface area contributed by atoms with E-state index in [0.29, 0.717) is 18.8 Å². The third-order valence-corrected chi connectivity index (χ3v) is 3.62. The molecule has 2 rings (SSSR count). The van der Waals surface area contributed by atoms with Crippen molar-refractivity contribution in [2.24, 2.45) is 5.41 Å². The number of aromatic nitrogens is 1. The number of pyridine rings is 1. The minimum absolute atomic E-state index is 0.0250. The van der Waals surface area contributed by atoms with Crippen LogP contribution in [0.25, 0.3) is 0 Å². The van der Waals surface area contributed by atoms with Gasteiger partial charge < -0.3 is 10.2 Å². The highest BCUT2D eigenvalue weighted by atomic mass is 16.2. The van der Waals surface area contributed by atoms with Gasteiger partial charge in [-0.05, 0) is 31.4 Å². The molecule has 21 heavy (non-hydrogen) atoms.